The van der Waals surface area contributed by atoms with Crippen LogP contribution in [0.1, 0.15) is 31.2 Å². The summed E-state index contributed by atoms with van der Waals surface area (Å²) in [5.74, 6) is -0.344. The van der Waals surface area contributed by atoms with Gasteiger partial charge in [0, 0.05) is 12.6 Å². The van der Waals surface area contributed by atoms with Crippen molar-refractivity contribution in [1.29, 1.82) is 0 Å². The van der Waals surface area contributed by atoms with Crippen molar-refractivity contribution < 1.29 is 17.9 Å². The maximum Gasteiger partial charge on any atom is 0.246 e. The van der Waals surface area contributed by atoms with E-state index in [1.165, 1.54) is 16.4 Å². The van der Waals surface area contributed by atoms with Gasteiger partial charge in [-0.3, -0.25) is 0 Å². The second-order valence-corrected chi connectivity index (χ2v) is 7.53. The van der Waals surface area contributed by atoms with E-state index in [0.717, 1.165) is 31.7 Å². The summed E-state index contributed by atoms with van der Waals surface area (Å²) in [5, 5.41) is 8.96. The minimum Gasteiger partial charge on any atom is -0.392 e. The fourth-order valence-electron chi connectivity index (χ4n) is 2.34. The van der Waals surface area contributed by atoms with E-state index in [-0.39, 0.29) is 17.5 Å². The number of hydrogen-bond acceptors (Lipinski definition) is 3. The Morgan fingerprint density at radius 2 is 1.95 bits per heavy atom. The maximum atomic E-state index is 14.0. The SMILES string of the molecule is O=S(=O)(c1ccc(CO)cc1F)N(CC1CC1)C1CC1. The molecule has 0 unspecified atom stereocenters. The fourth-order valence-corrected chi connectivity index (χ4v) is 4.15. The maximum absolute atomic E-state index is 14.0. The van der Waals surface area contributed by atoms with E-state index in [0.29, 0.717) is 18.0 Å². The number of sulfonamides is 1. The highest BCUT2D eigenvalue weighted by molar-refractivity contribution is 7.89. The van der Waals surface area contributed by atoms with Gasteiger partial charge in [-0.15, -0.1) is 0 Å². The van der Waals surface area contributed by atoms with Crippen LogP contribution >= 0.6 is 0 Å². The molecule has 1 N–H and O–H groups in total. The zero-order chi connectivity index (χ0) is 14.3. The Balaban J connectivity index is 1.92. The largest absolute Gasteiger partial charge is 0.392 e. The first-order valence-electron chi connectivity index (χ1n) is 6.93. The quantitative estimate of drug-likeness (QED) is 0.872. The van der Waals surface area contributed by atoms with Gasteiger partial charge in [-0.05, 0) is 49.3 Å². The van der Waals surface area contributed by atoms with Crippen molar-refractivity contribution in [2.24, 2.45) is 5.92 Å². The number of nitrogens with zero attached hydrogens (tertiary/aromatic N) is 1. The molecule has 0 amide bonds. The first kappa shape index (κ1) is 14.0. The lowest BCUT2D eigenvalue weighted by Gasteiger charge is -2.22. The molecule has 0 atom stereocenters. The first-order valence-corrected chi connectivity index (χ1v) is 8.37. The highest BCUT2D eigenvalue weighted by atomic mass is 32.2. The summed E-state index contributed by atoms with van der Waals surface area (Å²) in [6.45, 7) is 0.208. The molecular weight excluding hydrogens is 281 g/mol. The van der Waals surface area contributed by atoms with Gasteiger partial charge < -0.3 is 5.11 Å². The monoisotopic (exact) mass is 299 g/mol. The lowest BCUT2D eigenvalue weighted by molar-refractivity contribution is 0.281. The van der Waals surface area contributed by atoms with Crippen LogP contribution in [0.5, 0.6) is 0 Å². The third kappa shape index (κ3) is 2.73. The van der Waals surface area contributed by atoms with E-state index < -0.39 is 15.8 Å². The Morgan fingerprint density at radius 1 is 1.25 bits per heavy atom. The molecule has 2 aliphatic rings. The molecule has 1 aromatic rings. The van der Waals surface area contributed by atoms with Crippen molar-refractivity contribution >= 4 is 10.0 Å². The van der Waals surface area contributed by atoms with Gasteiger partial charge in [0.2, 0.25) is 10.0 Å². The third-order valence-corrected chi connectivity index (χ3v) is 5.81. The summed E-state index contributed by atoms with van der Waals surface area (Å²) < 4.78 is 40.7. The molecular formula is C14H18FNO3S. The molecule has 0 spiro atoms. The van der Waals surface area contributed by atoms with Crippen molar-refractivity contribution in [1.82, 2.24) is 4.31 Å². The van der Waals surface area contributed by atoms with Crippen LogP contribution < -0.4 is 0 Å². The van der Waals surface area contributed by atoms with Crippen LogP contribution in [0.25, 0.3) is 0 Å². The van der Waals surface area contributed by atoms with E-state index in [1.807, 2.05) is 0 Å². The Labute approximate surface area is 118 Å². The van der Waals surface area contributed by atoms with E-state index in [4.69, 9.17) is 5.11 Å². The van der Waals surface area contributed by atoms with Gasteiger partial charge in [0.05, 0.1) is 6.61 Å². The van der Waals surface area contributed by atoms with Crippen molar-refractivity contribution in [2.75, 3.05) is 6.54 Å². The predicted molar refractivity (Wildman–Crippen MR) is 72.0 cm³/mol. The molecule has 0 bridgehead atoms. The van der Waals surface area contributed by atoms with Gasteiger partial charge in [-0.25, -0.2) is 12.8 Å². The molecule has 2 saturated carbocycles. The summed E-state index contributed by atoms with van der Waals surface area (Å²) in [6.07, 6.45) is 3.85. The highest BCUT2D eigenvalue weighted by Gasteiger charge is 2.41. The number of halogens is 1. The average molecular weight is 299 g/mol. The Bertz CT molecular complexity index is 609. The molecule has 0 radical (unpaired) electrons. The highest BCUT2D eigenvalue weighted by Crippen LogP contribution is 2.38. The lowest BCUT2D eigenvalue weighted by Crippen LogP contribution is -2.35. The normalized spacial score (nSPS) is 19.6. The van der Waals surface area contributed by atoms with E-state index in [9.17, 15) is 12.8 Å². The summed E-state index contributed by atoms with van der Waals surface area (Å²) in [6, 6.07) is 3.85. The zero-order valence-electron chi connectivity index (χ0n) is 11.1. The molecule has 6 heteroatoms. The van der Waals surface area contributed by atoms with Crippen molar-refractivity contribution in [2.45, 2.75) is 43.2 Å². The van der Waals surface area contributed by atoms with Crippen LogP contribution in [-0.4, -0.2) is 30.4 Å². The first-order chi connectivity index (χ1) is 9.52. The van der Waals surface area contributed by atoms with Gasteiger partial charge in [0.1, 0.15) is 10.7 Å². The minimum atomic E-state index is -3.77. The van der Waals surface area contributed by atoms with Crippen molar-refractivity contribution in [3.05, 3.63) is 29.6 Å². The molecule has 4 nitrogen and oxygen atoms in total. The van der Waals surface area contributed by atoms with Crippen LogP contribution in [0.3, 0.4) is 0 Å². The van der Waals surface area contributed by atoms with Gasteiger partial charge in [-0.2, -0.15) is 4.31 Å². The molecule has 1 aromatic carbocycles. The number of rotatable bonds is 6. The topological polar surface area (TPSA) is 57.6 Å². The minimum absolute atomic E-state index is 0.0394. The molecule has 0 aromatic heterocycles. The standard InChI is InChI=1S/C14H18FNO3S/c15-13-7-11(9-17)3-6-14(13)20(18,19)16(12-4-5-12)8-10-1-2-10/h3,6-7,10,12,17H,1-2,4-5,8-9H2. The van der Waals surface area contributed by atoms with Gasteiger partial charge >= 0.3 is 0 Å². The Morgan fingerprint density at radius 3 is 2.45 bits per heavy atom. The van der Waals surface area contributed by atoms with Crippen LogP contribution in [-0.2, 0) is 16.6 Å². The summed E-state index contributed by atoms with van der Waals surface area (Å²) >= 11 is 0. The van der Waals surface area contributed by atoms with E-state index >= 15 is 0 Å². The van der Waals surface area contributed by atoms with Gasteiger partial charge in [-0.1, -0.05) is 6.07 Å². The second kappa shape index (κ2) is 5.09. The van der Waals surface area contributed by atoms with Crippen LogP contribution in [0.4, 0.5) is 4.39 Å². The van der Waals surface area contributed by atoms with Crippen LogP contribution in [0, 0.1) is 11.7 Å². The van der Waals surface area contributed by atoms with Crippen molar-refractivity contribution in [3.8, 4) is 0 Å². The number of aliphatic hydroxyl groups excluding tert-OH is 1. The molecule has 0 heterocycles. The second-order valence-electron chi connectivity index (χ2n) is 5.67. The third-order valence-electron chi connectivity index (χ3n) is 3.85. The molecule has 2 aliphatic carbocycles. The summed E-state index contributed by atoms with van der Waals surface area (Å²) in [5.41, 5.74) is 0.376. The predicted octanol–water partition coefficient (Wildman–Crippen LogP) is 1.88. The zero-order valence-corrected chi connectivity index (χ0v) is 11.9. The summed E-state index contributed by atoms with van der Waals surface area (Å²) in [4.78, 5) is -0.276. The smallest absolute Gasteiger partial charge is 0.246 e. The molecule has 20 heavy (non-hydrogen) atoms. The number of aliphatic hydroxyl groups is 1. The number of hydrogen-bond donors (Lipinski definition) is 1. The Hall–Kier alpha value is -0.980. The number of benzene rings is 1. The van der Waals surface area contributed by atoms with Crippen LogP contribution in [0.2, 0.25) is 0 Å². The molecule has 2 fully saturated rings. The molecule has 110 valence electrons. The lowest BCUT2D eigenvalue weighted by atomic mass is 10.2. The summed E-state index contributed by atoms with van der Waals surface area (Å²) in [7, 11) is -3.77. The van der Waals surface area contributed by atoms with Gasteiger partial charge in [0.15, 0.2) is 0 Å². The average Bonchev–Trinajstić information content (AvgIpc) is 3.27. The van der Waals surface area contributed by atoms with E-state index in [2.05, 4.69) is 0 Å². The van der Waals surface area contributed by atoms with Crippen molar-refractivity contribution in [3.63, 3.8) is 0 Å². The van der Waals surface area contributed by atoms with Gasteiger partial charge in [0.25, 0.3) is 0 Å². The Kier molecular flexibility index (Phi) is 3.56. The molecule has 3 rings (SSSR count). The van der Waals surface area contributed by atoms with E-state index in [1.54, 1.807) is 0 Å². The molecule has 0 aliphatic heterocycles. The molecule has 0 saturated heterocycles. The fraction of sp³-hybridized carbons (Fsp3) is 0.571. The van der Waals surface area contributed by atoms with Crippen LogP contribution in [0.15, 0.2) is 23.1 Å².